The van der Waals surface area contributed by atoms with E-state index in [1.54, 1.807) is 13.4 Å². The normalized spacial score (nSPS) is 11.2. The maximum absolute atomic E-state index is 4.38. The van der Waals surface area contributed by atoms with Crippen LogP contribution >= 0.6 is 39.9 Å². The van der Waals surface area contributed by atoms with Crippen LogP contribution in [0.15, 0.2) is 58.4 Å². The zero-order valence-electron chi connectivity index (χ0n) is 15.5. The van der Waals surface area contributed by atoms with Crippen LogP contribution in [0.1, 0.15) is 11.5 Å². The number of aromatic nitrogens is 4. The number of hydrogen-bond donors (Lipinski definition) is 1. The Labute approximate surface area is 184 Å². The van der Waals surface area contributed by atoms with Gasteiger partial charge in [-0.2, -0.15) is 0 Å². The molecule has 0 atom stereocenters. The molecule has 0 aliphatic rings. The van der Waals surface area contributed by atoms with Crippen LogP contribution in [0, 0.1) is 0 Å². The highest BCUT2D eigenvalue weighted by atomic mass is 127. The fourth-order valence-electron chi connectivity index (χ4n) is 2.77. The lowest BCUT2D eigenvalue weighted by atomic mass is 10.3. The fourth-order valence-corrected chi connectivity index (χ4v) is 3.34. The minimum Gasteiger partial charge on any atom is -0.352 e. The van der Waals surface area contributed by atoms with Gasteiger partial charge in [-0.15, -0.1) is 34.2 Å². The van der Waals surface area contributed by atoms with Crippen LogP contribution in [0.4, 0.5) is 0 Å². The molecule has 2 heterocycles. The highest BCUT2D eigenvalue weighted by molar-refractivity contribution is 14.0. The first-order valence-electron chi connectivity index (χ1n) is 8.25. The van der Waals surface area contributed by atoms with Crippen LogP contribution in [-0.2, 0) is 20.1 Å². The van der Waals surface area contributed by atoms with Crippen LogP contribution in [0.5, 0.6) is 0 Å². The van der Waals surface area contributed by atoms with Crippen LogP contribution in [-0.4, -0.2) is 44.3 Å². The van der Waals surface area contributed by atoms with Gasteiger partial charge < -0.3 is 14.8 Å². The largest absolute Gasteiger partial charge is 0.352 e. The molecule has 1 N–H and O–H groups in total. The van der Waals surface area contributed by atoms with Gasteiger partial charge in [-0.1, -0.05) is 18.2 Å². The lowest BCUT2D eigenvalue weighted by Crippen LogP contribution is -2.38. The van der Waals surface area contributed by atoms with Gasteiger partial charge in [0.15, 0.2) is 11.8 Å². The monoisotopic (exact) mass is 543 g/mol. The summed E-state index contributed by atoms with van der Waals surface area (Å²) in [5.74, 6) is 1.62. The number of halogens is 2. The number of hydrogen-bond acceptors (Lipinski definition) is 3. The molecule has 0 spiro atoms. The molecule has 3 aromatic rings. The third kappa shape index (κ3) is 5.32. The number of aliphatic imine (C=N–C) groups is 1. The maximum Gasteiger partial charge on any atom is 0.194 e. The fraction of sp³-hybridized carbons (Fsp3) is 0.278. The maximum atomic E-state index is 4.38. The topological polar surface area (TPSA) is 63.3 Å². The van der Waals surface area contributed by atoms with E-state index in [0.717, 1.165) is 28.5 Å². The van der Waals surface area contributed by atoms with Crippen LogP contribution in [0.25, 0.3) is 5.69 Å². The van der Waals surface area contributed by atoms with Crippen molar-refractivity contribution in [1.82, 2.24) is 29.5 Å². The summed E-state index contributed by atoms with van der Waals surface area (Å²) in [5.41, 5.74) is 2.22. The number of guanidine groups is 1. The molecule has 9 heteroatoms. The molecular weight excluding hydrogens is 521 g/mol. The minimum atomic E-state index is 0. The molecule has 7 nitrogen and oxygen atoms in total. The average molecular weight is 544 g/mol. The third-order valence-corrected chi connectivity index (χ3v) is 4.54. The number of benzene rings is 1. The van der Waals surface area contributed by atoms with E-state index >= 15 is 0 Å². The van der Waals surface area contributed by atoms with Gasteiger partial charge in [0, 0.05) is 43.2 Å². The van der Waals surface area contributed by atoms with Gasteiger partial charge in [-0.3, -0.25) is 9.56 Å². The Morgan fingerprint density at radius 3 is 2.67 bits per heavy atom. The SMILES string of the molecule is CN=C(NCc1nncn1-c1ccccc1)N(C)Cc1cc(Br)cn1C.I. The molecule has 0 amide bonds. The van der Waals surface area contributed by atoms with Gasteiger partial charge in [-0.25, -0.2) is 0 Å². The summed E-state index contributed by atoms with van der Waals surface area (Å²) in [7, 11) is 5.83. The van der Waals surface area contributed by atoms with E-state index in [1.807, 2.05) is 55.2 Å². The summed E-state index contributed by atoms with van der Waals surface area (Å²) >= 11 is 3.51. The molecule has 3 rings (SSSR count). The molecule has 1 aromatic carbocycles. The summed E-state index contributed by atoms with van der Waals surface area (Å²) in [4.78, 5) is 6.45. The molecule has 0 aliphatic carbocycles. The Balaban J connectivity index is 0.00000261. The molecular formula is C18H23BrIN7. The van der Waals surface area contributed by atoms with E-state index in [9.17, 15) is 0 Å². The van der Waals surface area contributed by atoms with E-state index in [1.165, 1.54) is 5.69 Å². The van der Waals surface area contributed by atoms with Gasteiger partial charge in [0.05, 0.1) is 13.1 Å². The van der Waals surface area contributed by atoms with Crippen molar-refractivity contribution >= 4 is 45.9 Å². The van der Waals surface area contributed by atoms with Crippen molar-refractivity contribution < 1.29 is 0 Å². The number of nitrogens with zero attached hydrogens (tertiary/aromatic N) is 6. The number of para-hydroxylation sites is 1. The van der Waals surface area contributed by atoms with Crippen molar-refractivity contribution in [3.8, 4) is 5.69 Å². The van der Waals surface area contributed by atoms with Crippen LogP contribution in [0.2, 0.25) is 0 Å². The van der Waals surface area contributed by atoms with E-state index in [0.29, 0.717) is 6.54 Å². The molecule has 0 saturated heterocycles. The standard InChI is InChI=1S/C18H22BrN7.HI/c1-20-18(25(3)12-16-9-14(19)11-24(16)2)21-10-17-23-22-13-26(17)15-7-5-4-6-8-15;/h4-9,11,13H,10,12H2,1-3H3,(H,20,21);1H. The minimum absolute atomic E-state index is 0. The number of nitrogens with one attached hydrogen (secondary N) is 1. The highest BCUT2D eigenvalue weighted by Gasteiger charge is 2.12. The Morgan fingerprint density at radius 1 is 1.30 bits per heavy atom. The Morgan fingerprint density at radius 2 is 2.04 bits per heavy atom. The molecule has 0 fully saturated rings. The van der Waals surface area contributed by atoms with Gasteiger partial charge in [-0.05, 0) is 34.1 Å². The second-order valence-electron chi connectivity index (χ2n) is 5.97. The predicted molar refractivity (Wildman–Crippen MR) is 122 cm³/mol. The van der Waals surface area contributed by atoms with Crippen molar-refractivity contribution in [3.05, 3.63) is 64.9 Å². The molecule has 2 aromatic heterocycles. The molecule has 0 saturated carbocycles. The molecule has 0 aliphatic heterocycles. The molecule has 144 valence electrons. The van der Waals surface area contributed by atoms with Crippen molar-refractivity contribution in [2.45, 2.75) is 13.1 Å². The van der Waals surface area contributed by atoms with Gasteiger partial charge in [0.1, 0.15) is 6.33 Å². The van der Waals surface area contributed by atoms with E-state index in [4.69, 9.17) is 0 Å². The van der Waals surface area contributed by atoms with Crippen molar-refractivity contribution in [1.29, 1.82) is 0 Å². The molecule has 0 unspecified atom stereocenters. The van der Waals surface area contributed by atoms with Crippen molar-refractivity contribution in [2.75, 3.05) is 14.1 Å². The summed E-state index contributed by atoms with van der Waals surface area (Å²) in [6.07, 6.45) is 3.77. The Hall–Kier alpha value is -1.88. The lowest BCUT2D eigenvalue weighted by molar-refractivity contribution is 0.460. The number of aryl methyl sites for hydroxylation is 1. The second-order valence-corrected chi connectivity index (χ2v) is 6.89. The zero-order valence-corrected chi connectivity index (χ0v) is 19.4. The highest BCUT2D eigenvalue weighted by Crippen LogP contribution is 2.15. The van der Waals surface area contributed by atoms with E-state index < -0.39 is 0 Å². The predicted octanol–water partition coefficient (Wildman–Crippen LogP) is 3.19. The zero-order chi connectivity index (χ0) is 18.5. The smallest absolute Gasteiger partial charge is 0.194 e. The Bertz CT molecular complexity index is 888. The van der Waals surface area contributed by atoms with Gasteiger partial charge in [0.2, 0.25) is 0 Å². The number of rotatable bonds is 5. The quantitative estimate of drug-likeness (QED) is 0.305. The molecule has 27 heavy (non-hydrogen) atoms. The average Bonchev–Trinajstić information content (AvgIpc) is 3.22. The first-order chi connectivity index (χ1) is 12.6. The first kappa shape index (κ1) is 21.4. The van der Waals surface area contributed by atoms with E-state index in [-0.39, 0.29) is 24.0 Å². The molecule has 0 bridgehead atoms. The van der Waals surface area contributed by atoms with Crippen LogP contribution < -0.4 is 5.32 Å². The third-order valence-electron chi connectivity index (χ3n) is 4.10. The summed E-state index contributed by atoms with van der Waals surface area (Å²) < 4.78 is 5.14. The van der Waals surface area contributed by atoms with Gasteiger partial charge in [0.25, 0.3) is 0 Å². The van der Waals surface area contributed by atoms with Crippen molar-refractivity contribution in [3.63, 3.8) is 0 Å². The van der Waals surface area contributed by atoms with Crippen molar-refractivity contribution in [2.24, 2.45) is 12.0 Å². The summed E-state index contributed by atoms with van der Waals surface area (Å²) in [6.45, 7) is 1.27. The first-order valence-corrected chi connectivity index (χ1v) is 9.04. The lowest BCUT2D eigenvalue weighted by Gasteiger charge is -2.22. The Kier molecular flexibility index (Phi) is 7.84. The van der Waals surface area contributed by atoms with E-state index in [2.05, 4.69) is 52.0 Å². The van der Waals surface area contributed by atoms with Crippen LogP contribution in [0.3, 0.4) is 0 Å². The van der Waals surface area contributed by atoms with Gasteiger partial charge >= 0.3 is 0 Å². The summed E-state index contributed by atoms with van der Waals surface area (Å²) in [5, 5.41) is 11.6. The summed E-state index contributed by atoms with van der Waals surface area (Å²) in [6, 6.07) is 12.1. The second kappa shape index (κ2) is 9.88. The molecule has 0 radical (unpaired) electrons.